The first-order valence-corrected chi connectivity index (χ1v) is 6.34. The molecular formula is C13H7BrF2N2O3. The van der Waals surface area contributed by atoms with Gasteiger partial charge in [-0.1, -0.05) is 15.9 Å². The summed E-state index contributed by atoms with van der Waals surface area (Å²) in [6, 6.07) is 5.32. The second kappa shape index (κ2) is 5.96. The Hall–Kier alpha value is -2.35. The van der Waals surface area contributed by atoms with Gasteiger partial charge in [0.1, 0.15) is 5.82 Å². The second-order valence-electron chi connectivity index (χ2n) is 3.97. The van der Waals surface area contributed by atoms with E-state index in [1.54, 1.807) is 0 Å². The van der Waals surface area contributed by atoms with Gasteiger partial charge in [0, 0.05) is 28.4 Å². The largest absolute Gasteiger partial charge is 0.502 e. The van der Waals surface area contributed by atoms with Crippen LogP contribution in [0.15, 0.2) is 39.8 Å². The second-order valence-corrected chi connectivity index (χ2v) is 4.89. The number of rotatable bonds is 3. The first kappa shape index (κ1) is 15.0. The van der Waals surface area contributed by atoms with Crippen LogP contribution >= 0.6 is 15.9 Å². The number of aromatic hydroxyl groups is 1. The minimum atomic E-state index is -0.879. The minimum absolute atomic E-state index is 0.0276. The van der Waals surface area contributed by atoms with Gasteiger partial charge in [-0.3, -0.25) is 15.1 Å². The normalized spacial score (nSPS) is 11.0. The summed E-state index contributed by atoms with van der Waals surface area (Å²) in [6.07, 6.45) is 1.06. The van der Waals surface area contributed by atoms with Crippen molar-refractivity contribution in [3.63, 3.8) is 0 Å². The number of nitrogens with zero attached hydrogens (tertiary/aromatic N) is 2. The Labute approximate surface area is 125 Å². The van der Waals surface area contributed by atoms with Crippen LogP contribution in [0.3, 0.4) is 0 Å². The number of halogens is 3. The van der Waals surface area contributed by atoms with Gasteiger partial charge in [0.25, 0.3) is 0 Å². The zero-order valence-electron chi connectivity index (χ0n) is 10.3. The Morgan fingerprint density at radius 3 is 2.62 bits per heavy atom. The predicted molar refractivity (Wildman–Crippen MR) is 76.1 cm³/mol. The molecule has 0 atom stereocenters. The SMILES string of the molecule is O=[N+]([O-])c1cc(Br)cc(C=Nc2ccc(F)cc2F)c1O. The van der Waals surface area contributed by atoms with Gasteiger partial charge in [0.2, 0.25) is 5.75 Å². The Morgan fingerprint density at radius 1 is 1.29 bits per heavy atom. The van der Waals surface area contributed by atoms with Crippen molar-refractivity contribution in [1.82, 2.24) is 0 Å². The van der Waals surface area contributed by atoms with Crippen molar-refractivity contribution in [3.8, 4) is 5.75 Å². The fraction of sp³-hybridized carbons (Fsp3) is 0. The summed E-state index contributed by atoms with van der Waals surface area (Å²) < 4.78 is 26.5. The molecule has 0 aliphatic carbocycles. The zero-order valence-corrected chi connectivity index (χ0v) is 11.8. The van der Waals surface area contributed by atoms with E-state index in [1.165, 1.54) is 6.07 Å². The number of hydrogen-bond acceptors (Lipinski definition) is 4. The van der Waals surface area contributed by atoms with E-state index in [9.17, 15) is 24.0 Å². The molecule has 0 saturated heterocycles. The van der Waals surface area contributed by atoms with Gasteiger partial charge in [0.15, 0.2) is 5.82 Å². The van der Waals surface area contributed by atoms with E-state index in [0.717, 1.165) is 24.4 Å². The van der Waals surface area contributed by atoms with Crippen molar-refractivity contribution >= 4 is 33.5 Å². The van der Waals surface area contributed by atoms with Gasteiger partial charge < -0.3 is 5.11 Å². The van der Waals surface area contributed by atoms with Gasteiger partial charge in [-0.05, 0) is 18.2 Å². The van der Waals surface area contributed by atoms with Gasteiger partial charge in [-0.2, -0.15) is 0 Å². The van der Waals surface area contributed by atoms with Crippen molar-refractivity contribution in [1.29, 1.82) is 0 Å². The summed E-state index contributed by atoms with van der Waals surface area (Å²) in [5, 5.41) is 20.5. The molecule has 0 radical (unpaired) electrons. The van der Waals surface area contributed by atoms with Crippen LogP contribution in [-0.4, -0.2) is 16.2 Å². The third-order valence-electron chi connectivity index (χ3n) is 2.53. The lowest BCUT2D eigenvalue weighted by molar-refractivity contribution is -0.385. The molecule has 1 N–H and O–H groups in total. The fourth-order valence-electron chi connectivity index (χ4n) is 1.57. The van der Waals surface area contributed by atoms with Crippen LogP contribution in [0.5, 0.6) is 5.75 Å². The molecule has 21 heavy (non-hydrogen) atoms. The van der Waals surface area contributed by atoms with Crippen LogP contribution in [0.2, 0.25) is 0 Å². The average molecular weight is 357 g/mol. The van der Waals surface area contributed by atoms with E-state index in [-0.39, 0.29) is 11.3 Å². The third-order valence-corrected chi connectivity index (χ3v) is 2.99. The van der Waals surface area contributed by atoms with Crippen LogP contribution < -0.4 is 0 Å². The van der Waals surface area contributed by atoms with Crippen LogP contribution in [0.4, 0.5) is 20.2 Å². The van der Waals surface area contributed by atoms with Crippen LogP contribution in [-0.2, 0) is 0 Å². The van der Waals surface area contributed by atoms with E-state index < -0.39 is 28.0 Å². The van der Waals surface area contributed by atoms with Gasteiger partial charge in [0.05, 0.1) is 10.6 Å². The molecule has 5 nitrogen and oxygen atoms in total. The average Bonchev–Trinajstić information content (AvgIpc) is 2.40. The number of benzene rings is 2. The molecule has 0 bridgehead atoms. The number of hydrogen-bond donors (Lipinski definition) is 1. The molecule has 8 heteroatoms. The molecule has 0 unspecified atom stereocenters. The fourth-order valence-corrected chi connectivity index (χ4v) is 2.03. The van der Waals surface area contributed by atoms with Crippen molar-refractivity contribution in [2.45, 2.75) is 0 Å². The van der Waals surface area contributed by atoms with Crippen molar-refractivity contribution < 1.29 is 18.8 Å². The number of nitro benzene ring substituents is 1. The monoisotopic (exact) mass is 356 g/mol. The predicted octanol–water partition coefficient (Wildman–Crippen LogP) is 4.09. The lowest BCUT2D eigenvalue weighted by Gasteiger charge is -2.02. The van der Waals surface area contributed by atoms with Gasteiger partial charge in [-0.15, -0.1) is 0 Å². The summed E-state index contributed by atoms with van der Waals surface area (Å²) in [5.41, 5.74) is -0.636. The molecule has 0 aliphatic rings. The van der Waals surface area contributed by atoms with Crippen molar-refractivity contribution in [3.05, 3.63) is 62.1 Å². The summed E-state index contributed by atoms with van der Waals surface area (Å²) in [6.45, 7) is 0. The highest BCUT2D eigenvalue weighted by Gasteiger charge is 2.17. The maximum absolute atomic E-state index is 13.4. The maximum atomic E-state index is 13.4. The standard InChI is InChI=1S/C13H7BrF2N2O3/c14-8-3-7(13(19)12(4-8)18(20)21)6-17-11-2-1-9(15)5-10(11)16/h1-6,19H. The molecular weight excluding hydrogens is 350 g/mol. The first-order valence-electron chi connectivity index (χ1n) is 5.54. The summed E-state index contributed by atoms with van der Waals surface area (Å²) in [7, 11) is 0. The molecule has 108 valence electrons. The van der Waals surface area contributed by atoms with Crippen molar-refractivity contribution in [2.75, 3.05) is 0 Å². The number of phenols is 1. The molecule has 0 aliphatic heterocycles. The highest BCUT2D eigenvalue weighted by molar-refractivity contribution is 9.10. The lowest BCUT2D eigenvalue weighted by atomic mass is 10.2. The van der Waals surface area contributed by atoms with Crippen LogP contribution in [0.1, 0.15) is 5.56 Å². The van der Waals surface area contributed by atoms with Gasteiger partial charge >= 0.3 is 5.69 Å². The molecule has 0 fully saturated rings. The molecule has 0 aromatic heterocycles. The molecule has 0 heterocycles. The van der Waals surface area contributed by atoms with E-state index in [2.05, 4.69) is 20.9 Å². The molecule has 2 rings (SSSR count). The zero-order chi connectivity index (χ0) is 15.6. The Morgan fingerprint density at radius 2 is 2.00 bits per heavy atom. The summed E-state index contributed by atoms with van der Waals surface area (Å²) >= 11 is 3.06. The van der Waals surface area contributed by atoms with Crippen LogP contribution in [0.25, 0.3) is 0 Å². The Balaban J connectivity index is 2.43. The van der Waals surface area contributed by atoms with E-state index in [4.69, 9.17) is 0 Å². The highest BCUT2D eigenvalue weighted by Crippen LogP contribution is 2.32. The molecule has 0 amide bonds. The molecule has 0 spiro atoms. The smallest absolute Gasteiger partial charge is 0.312 e. The minimum Gasteiger partial charge on any atom is -0.502 e. The summed E-state index contributed by atoms with van der Waals surface area (Å²) in [5.74, 6) is -2.21. The highest BCUT2D eigenvalue weighted by atomic mass is 79.9. The Bertz CT molecular complexity index is 750. The molecule has 2 aromatic rings. The third kappa shape index (κ3) is 3.40. The van der Waals surface area contributed by atoms with E-state index >= 15 is 0 Å². The number of nitro groups is 1. The topological polar surface area (TPSA) is 75.7 Å². The molecule has 0 saturated carbocycles. The van der Waals surface area contributed by atoms with Gasteiger partial charge in [-0.25, -0.2) is 8.78 Å². The van der Waals surface area contributed by atoms with E-state index in [1.807, 2.05) is 0 Å². The first-order chi connectivity index (χ1) is 9.88. The maximum Gasteiger partial charge on any atom is 0.312 e. The quantitative estimate of drug-likeness (QED) is 0.511. The number of aliphatic imine (C=N–C) groups is 1. The Kier molecular flexibility index (Phi) is 4.27. The van der Waals surface area contributed by atoms with E-state index in [0.29, 0.717) is 10.5 Å². The molecule has 2 aromatic carbocycles. The lowest BCUT2D eigenvalue weighted by Crippen LogP contribution is -1.93. The number of phenolic OH excluding ortho intramolecular Hbond substituents is 1. The van der Waals surface area contributed by atoms with Crippen LogP contribution in [0, 0.1) is 21.7 Å². The van der Waals surface area contributed by atoms with Crippen molar-refractivity contribution in [2.24, 2.45) is 4.99 Å². The summed E-state index contributed by atoms with van der Waals surface area (Å²) in [4.78, 5) is 13.8.